The Labute approximate surface area is 66.8 Å². The number of nitrogens with two attached hydrogens (primary N) is 1. The first kappa shape index (κ1) is 6.44. The Kier molecular flexibility index (Phi) is 0.879. The first-order valence-corrected chi connectivity index (χ1v) is 4.61. The summed E-state index contributed by atoms with van der Waals surface area (Å²) in [6.45, 7) is 0. The molecular weight excluding hydrogens is 138 g/mol. The molecule has 0 radical (unpaired) electrons. The summed E-state index contributed by atoms with van der Waals surface area (Å²) in [4.78, 5) is 0. The third-order valence-corrected chi connectivity index (χ3v) is 4.05. The summed E-state index contributed by atoms with van der Waals surface area (Å²) < 4.78 is 0. The first-order chi connectivity index (χ1) is 5.10. The lowest BCUT2D eigenvalue weighted by molar-refractivity contribution is -0.0130. The normalized spacial score (nSPS) is 66.0. The van der Waals surface area contributed by atoms with Gasteiger partial charge in [0.15, 0.2) is 0 Å². The number of aliphatic hydroxyl groups is 1. The Morgan fingerprint density at radius 2 is 2.09 bits per heavy atom. The molecule has 0 aromatic carbocycles. The molecule has 4 aliphatic carbocycles. The molecule has 4 atom stereocenters. The Morgan fingerprint density at radius 3 is 2.64 bits per heavy atom. The van der Waals surface area contributed by atoms with Crippen molar-refractivity contribution in [3.05, 3.63) is 0 Å². The number of rotatable bonds is 0. The van der Waals surface area contributed by atoms with E-state index < -0.39 is 0 Å². The summed E-state index contributed by atoms with van der Waals surface area (Å²) in [6.07, 6.45) is 5.36. The predicted molar refractivity (Wildman–Crippen MR) is 41.9 cm³/mol. The molecule has 0 aromatic rings. The summed E-state index contributed by atoms with van der Waals surface area (Å²) in [7, 11) is 0. The Bertz CT molecular complexity index is 216. The van der Waals surface area contributed by atoms with Gasteiger partial charge in [-0.25, -0.2) is 0 Å². The van der Waals surface area contributed by atoms with Gasteiger partial charge < -0.3 is 10.8 Å². The zero-order valence-electron chi connectivity index (χ0n) is 6.71. The number of hydrogen-bond donors (Lipinski definition) is 2. The molecule has 4 aliphatic rings. The molecule has 3 N–H and O–H groups in total. The third-order valence-electron chi connectivity index (χ3n) is 4.05. The SMILES string of the molecule is NC12CC3CC1CC(O)(C3)C2. The van der Waals surface area contributed by atoms with Crippen LogP contribution in [0.3, 0.4) is 0 Å². The summed E-state index contributed by atoms with van der Waals surface area (Å²) in [6, 6.07) is 0. The molecule has 0 amide bonds. The van der Waals surface area contributed by atoms with Gasteiger partial charge in [0, 0.05) is 5.54 Å². The van der Waals surface area contributed by atoms with Gasteiger partial charge >= 0.3 is 0 Å². The molecule has 2 nitrogen and oxygen atoms in total. The van der Waals surface area contributed by atoms with E-state index in [1.807, 2.05) is 0 Å². The van der Waals surface area contributed by atoms with E-state index in [9.17, 15) is 5.11 Å². The van der Waals surface area contributed by atoms with Gasteiger partial charge in [-0.05, 0) is 43.9 Å². The van der Waals surface area contributed by atoms with Gasteiger partial charge in [0.1, 0.15) is 0 Å². The average Bonchev–Trinajstić information content (AvgIpc) is 2.09. The Balaban J connectivity index is 2.06. The Hall–Kier alpha value is -0.0800. The molecule has 4 bridgehead atoms. The molecule has 11 heavy (non-hydrogen) atoms. The molecule has 4 fully saturated rings. The molecule has 2 heteroatoms. The fourth-order valence-electron chi connectivity index (χ4n) is 3.92. The van der Waals surface area contributed by atoms with Crippen LogP contribution in [0, 0.1) is 11.8 Å². The lowest BCUT2D eigenvalue weighted by atomic mass is 9.77. The minimum absolute atomic E-state index is 0.0394. The van der Waals surface area contributed by atoms with Gasteiger partial charge in [0.25, 0.3) is 0 Å². The largest absolute Gasteiger partial charge is 0.390 e. The van der Waals surface area contributed by atoms with Gasteiger partial charge in [-0.1, -0.05) is 0 Å². The molecule has 4 saturated carbocycles. The molecule has 0 aliphatic heterocycles. The van der Waals surface area contributed by atoms with Crippen molar-refractivity contribution in [3.63, 3.8) is 0 Å². The zero-order valence-corrected chi connectivity index (χ0v) is 6.71. The Morgan fingerprint density at radius 1 is 1.27 bits per heavy atom. The van der Waals surface area contributed by atoms with Gasteiger partial charge in [0.05, 0.1) is 5.60 Å². The van der Waals surface area contributed by atoms with Crippen LogP contribution >= 0.6 is 0 Å². The lowest BCUT2D eigenvalue weighted by Gasteiger charge is -2.35. The summed E-state index contributed by atoms with van der Waals surface area (Å²) in [5.74, 6) is 1.39. The topological polar surface area (TPSA) is 46.2 Å². The van der Waals surface area contributed by atoms with Gasteiger partial charge in [-0.2, -0.15) is 0 Å². The maximum absolute atomic E-state index is 10.0. The van der Waals surface area contributed by atoms with Crippen LogP contribution in [-0.4, -0.2) is 16.2 Å². The van der Waals surface area contributed by atoms with Crippen LogP contribution < -0.4 is 5.73 Å². The molecule has 0 heterocycles. The van der Waals surface area contributed by atoms with Crippen molar-refractivity contribution < 1.29 is 5.11 Å². The maximum atomic E-state index is 10.0. The van der Waals surface area contributed by atoms with Crippen molar-refractivity contribution in [1.82, 2.24) is 0 Å². The molecule has 0 saturated heterocycles. The van der Waals surface area contributed by atoms with E-state index in [-0.39, 0.29) is 11.1 Å². The minimum Gasteiger partial charge on any atom is -0.390 e. The average molecular weight is 153 g/mol. The van der Waals surface area contributed by atoms with Crippen LogP contribution in [0.25, 0.3) is 0 Å². The molecule has 4 rings (SSSR count). The van der Waals surface area contributed by atoms with Gasteiger partial charge in [-0.15, -0.1) is 0 Å². The highest BCUT2D eigenvalue weighted by molar-refractivity contribution is 5.17. The first-order valence-electron chi connectivity index (χ1n) is 4.61. The van der Waals surface area contributed by atoms with Crippen LogP contribution in [0.15, 0.2) is 0 Å². The van der Waals surface area contributed by atoms with E-state index in [1.165, 1.54) is 12.8 Å². The molecule has 4 unspecified atom stereocenters. The molecule has 62 valence electrons. The second kappa shape index (κ2) is 1.50. The fraction of sp³-hybridized carbons (Fsp3) is 1.00. The number of hydrogen-bond acceptors (Lipinski definition) is 2. The van der Waals surface area contributed by atoms with Crippen molar-refractivity contribution in [3.8, 4) is 0 Å². The van der Waals surface area contributed by atoms with Crippen LogP contribution in [0.4, 0.5) is 0 Å². The van der Waals surface area contributed by atoms with Crippen molar-refractivity contribution >= 4 is 0 Å². The van der Waals surface area contributed by atoms with Crippen molar-refractivity contribution in [2.75, 3.05) is 0 Å². The van der Waals surface area contributed by atoms with E-state index in [2.05, 4.69) is 0 Å². The maximum Gasteiger partial charge on any atom is 0.0671 e. The highest BCUT2D eigenvalue weighted by atomic mass is 16.3. The van der Waals surface area contributed by atoms with Crippen LogP contribution in [-0.2, 0) is 0 Å². The van der Waals surface area contributed by atoms with E-state index in [4.69, 9.17) is 5.73 Å². The summed E-state index contributed by atoms with van der Waals surface area (Å²) >= 11 is 0. The highest BCUT2D eigenvalue weighted by Crippen LogP contribution is 2.60. The third kappa shape index (κ3) is 0.651. The molecule has 0 spiro atoms. The van der Waals surface area contributed by atoms with E-state index in [0.717, 1.165) is 25.2 Å². The van der Waals surface area contributed by atoms with Crippen molar-refractivity contribution in [2.45, 2.75) is 43.2 Å². The van der Waals surface area contributed by atoms with Crippen molar-refractivity contribution in [2.24, 2.45) is 17.6 Å². The zero-order chi connectivity index (χ0) is 7.69. The summed E-state index contributed by atoms with van der Waals surface area (Å²) in [5, 5.41) is 10.0. The van der Waals surface area contributed by atoms with Crippen LogP contribution in [0.1, 0.15) is 32.1 Å². The fourth-order valence-corrected chi connectivity index (χ4v) is 3.92. The van der Waals surface area contributed by atoms with E-state index >= 15 is 0 Å². The highest BCUT2D eigenvalue weighted by Gasteiger charge is 2.61. The van der Waals surface area contributed by atoms with E-state index in [1.54, 1.807) is 0 Å². The molecular formula is C9H15NO. The van der Waals surface area contributed by atoms with Crippen molar-refractivity contribution in [1.29, 1.82) is 0 Å². The van der Waals surface area contributed by atoms with Crippen LogP contribution in [0.2, 0.25) is 0 Å². The van der Waals surface area contributed by atoms with Gasteiger partial charge in [0.2, 0.25) is 0 Å². The second-order valence-electron chi connectivity index (χ2n) is 5.05. The van der Waals surface area contributed by atoms with E-state index in [0.29, 0.717) is 5.92 Å². The standard InChI is InChI=1S/C9H15NO/c10-9-3-6-1-7(9)4-8(11,2-6)5-9/h6-7,11H,1-5,10H2. The predicted octanol–water partition coefficient (Wildman–Crippen LogP) is 0.639. The monoisotopic (exact) mass is 153 g/mol. The van der Waals surface area contributed by atoms with Crippen LogP contribution in [0.5, 0.6) is 0 Å². The van der Waals surface area contributed by atoms with Gasteiger partial charge in [-0.3, -0.25) is 0 Å². The second-order valence-corrected chi connectivity index (χ2v) is 5.05. The smallest absolute Gasteiger partial charge is 0.0671 e. The summed E-state index contributed by atoms with van der Waals surface area (Å²) in [5.41, 5.74) is 5.90. The molecule has 0 aromatic heterocycles. The lowest BCUT2D eigenvalue weighted by Crippen LogP contribution is -2.44. The minimum atomic E-state index is -0.347. The quantitative estimate of drug-likeness (QED) is 0.536.